The number of aryl methyl sites for hydroxylation is 2. The van der Waals surface area contributed by atoms with Gasteiger partial charge in [-0.3, -0.25) is 4.79 Å². The number of benzene rings is 2. The largest absolute Gasteiger partial charge is 0.507 e. The first-order valence-electron chi connectivity index (χ1n) is 9.26. The number of phenols is 1. The maximum Gasteiger partial charge on any atom is 0.252 e. The number of hydrogen-bond acceptors (Lipinski definition) is 5. The van der Waals surface area contributed by atoms with Crippen molar-refractivity contribution in [1.29, 1.82) is 0 Å². The van der Waals surface area contributed by atoms with Crippen molar-refractivity contribution >= 4 is 22.9 Å². The molecule has 7 heteroatoms. The minimum absolute atomic E-state index is 0.00940. The van der Waals surface area contributed by atoms with Crippen LogP contribution in [0, 0.1) is 13.8 Å². The maximum absolute atomic E-state index is 11.7. The molecule has 152 valence electrons. The normalized spacial score (nSPS) is 12.9. The van der Waals surface area contributed by atoms with E-state index in [4.69, 9.17) is 15.5 Å². The first-order valence-corrected chi connectivity index (χ1v) is 10.1. The number of nitrogens with zero attached hydrogens (tertiary/aromatic N) is 2. The van der Waals surface area contributed by atoms with Crippen molar-refractivity contribution in [2.24, 2.45) is 10.7 Å². The van der Waals surface area contributed by atoms with Crippen LogP contribution in [-0.4, -0.2) is 29.3 Å². The molecule has 3 rings (SSSR count). The van der Waals surface area contributed by atoms with Gasteiger partial charge < -0.3 is 20.1 Å². The Bertz CT molecular complexity index is 1090. The summed E-state index contributed by atoms with van der Waals surface area (Å²) in [5, 5.41) is 11.9. The molecule has 1 aromatic heterocycles. The van der Waals surface area contributed by atoms with Gasteiger partial charge in [0.1, 0.15) is 5.75 Å². The summed E-state index contributed by atoms with van der Waals surface area (Å²) in [6, 6.07) is 11.0. The van der Waals surface area contributed by atoms with Crippen molar-refractivity contribution < 1.29 is 14.6 Å². The fourth-order valence-electron chi connectivity index (χ4n) is 3.32. The summed E-state index contributed by atoms with van der Waals surface area (Å²) in [5.41, 5.74) is 10.3. The number of aromatic nitrogens is 1. The third kappa shape index (κ3) is 4.26. The summed E-state index contributed by atoms with van der Waals surface area (Å²) in [5.74, 6) is -0.801. The van der Waals surface area contributed by atoms with Gasteiger partial charge in [0.15, 0.2) is 4.80 Å². The zero-order valence-corrected chi connectivity index (χ0v) is 17.8. The van der Waals surface area contributed by atoms with Gasteiger partial charge >= 0.3 is 0 Å². The van der Waals surface area contributed by atoms with Gasteiger partial charge in [0, 0.05) is 18.1 Å². The van der Waals surface area contributed by atoms with Crippen LogP contribution >= 0.6 is 11.3 Å². The van der Waals surface area contributed by atoms with Crippen LogP contribution in [0.2, 0.25) is 0 Å². The molecule has 0 unspecified atom stereocenters. The molecule has 3 aromatic rings. The van der Waals surface area contributed by atoms with Crippen LogP contribution in [-0.2, 0) is 4.74 Å². The molecule has 0 aliphatic heterocycles. The fourth-order valence-corrected chi connectivity index (χ4v) is 4.33. The van der Waals surface area contributed by atoms with Gasteiger partial charge in [-0.2, -0.15) is 0 Å². The molecule has 0 radical (unpaired) electrons. The van der Waals surface area contributed by atoms with Crippen molar-refractivity contribution in [1.82, 2.24) is 4.57 Å². The Hall–Kier alpha value is -2.90. The quantitative estimate of drug-likeness (QED) is 0.640. The lowest BCUT2D eigenvalue weighted by molar-refractivity contribution is 0.0998. The van der Waals surface area contributed by atoms with E-state index in [1.165, 1.54) is 17.4 Å². The van der Waals surface area contributed by atoms with E-state index >= 15 is 0 Å². The Labute approximate surface area is 173 Å². The first-order chi connectivity index (χ1) is 13.8. The lowest BCUT2D eigenvalue weighted by atomic mass is 10.1. The van der Waals surface area contributed by atoms with Gasteiger partial charge in [0.2, 0.25) is 0 Å². The lowest BCUT2D eigenvalue weighted by Crippen LogP contribution is -2.23. The van der Waals surface area contributed by atoms with Crippen molar-refractivity contribution in [3.8, 4) is 17.0 Å². The number of aromatic hydroxyl groups is 1. The van der Waals surface area contributed by atoms with Gasteiger partial charge in [0.05, 0.1) is 29.6 Å². The van der Waals surface area contributed by atoms with E-state index in [0.717, 1.165) is 32.9 Å². The number of nitrogens with two attached hydrogens (primary N) is 1. The van der Waals surface area contributed by atoms with Gasteiger partial charge in [-0.25, -0.2) is 4.99 Å². The molecule has 0 aliphatic carbocycles. The first kappa shape index (κ1) is 20.8. The molecule has 0 saturated heterocycles. The Morgan fingerprint density at radius 1 is 1.28 bits per heavy atom. The monoisotopic (exact) mass is 411 g/mol. The number of carbonyl (C=O) groups excluding carboxylic acids is 1. The average molecular weight is 412 g/mol. The number of carbonyl (C=O) groups is 1. The second-order valence-corrected chi connectivity index (χ2v) is 7.86. The van der Waals surface area contributed by atoms with Gasteiger partial charge in [-0.05, 0) is 50.1 Å². The molecule has 0 saturated carbocycles. The third-order valence-corrected chi connectivity index (χ3v) is 5.63. The van der Waals surface area contributed by atoms with E-state index in [2.05, 4.69) is 11.5 Å². The number of rotatable bonds is 6. The maximum atomic E-state index is 11.7. The van der Waals surface area contributed by atoms with E-state index in [-0.39, 0.29) is 17.4 Å². The Balaban J connectivity index is 2.24. The SMILES string of the molecule is COC[C@@H](C)n1c(-c2ccc(O)c(C(N)=O)c2)csc1=Nc1c(C)cccc1C. The Morgan fingerprint density at radius 2 is 1.97 bits per heavy atom. The molecule has 0 bridgehead atoms. The fraction of sp³-hybridized carbons (Fsp3) is 0.273. The van der Waals surface area contributed by atoms with E-state index in [0.29, 0.717) is 6.61 Å². The molecular formula is C22H25N3O3S. The molecular weight excluding hydrogens is 386 g/mol. The second-order valence-electron chi connectivity index (χ2n) is 7.03. The summed E-state index contributed by atoms with van der Waals surface area (Å²) in [6.07, 6.45) is 0. The topological polar surface area (TPSA) is 89.8 Å². The Kier molecular flexibility index (Phi) is 6.20. The zero-order valence-electron chi connectivity index (χ0n) is 17.0. The number of ether oxygens (including phenoxy) is 1. The number of thiazole rings is 1. The summed E-state index contributed by atoms with van der Waals surface area (Å²) in [4.78, 5) is 17.4. The summed E-state index contributed by atoms with van der Waals surface area (Å²) in [6.45, 7) is 6.65. The second kappa shape index (κ2) is 8.63. The molecule has 0 fully saturated rings. The van der Waals surface area contributed by atoms with Crippen LogP contribution in [0.1, 0.15) is 34.5 Å². The number of amides is 1. The molecule has 1 amide bonds. The summed E-state index contributed by atoms with van der Waals surface area (Å²) < 4.78 is 7.47. The highest BCUT2D eigenvalue weighted by molar-refractivity contribution is 7.07. The number of primary amides is 1. The number of methoxy groups -OCH3 is 1. The van der Waals surface area contributed by atoms with E-state index in [1.807, 2.05) is 37.4 Å². The third-order valence-electron chi connectivity index (χ3n) is 4.79. The molecule has 3 N–H and O–H groups in total. The van der Waals surface area contributed by atoms with Crippen LogP contribution < -0.4 is 10.5 Å². The zero-order chi connectivity index (χ0) is 21.1. The highest BCUT2D eigenvalue weighted by Gasteiger charge is 2.17. The minimum Gasteiger partial charge on any atom is -0.507 e. The smallest absolute Gasteiger partial charge is 0.252 e. The average Bonchev–Trinajstić information content (AvgIpc) is 3.09. The van der Waals surface area contributed by atoms with Crippen molar-refractivity contribution in [2.45, 2.75) is 26.8 Å². The van der Waals surface area contributed by atoms with Crippen LogP contribution in [0.25, 0.3) is 11.3 Å². The van der Waals surface area contributed by atoms with E-state index in [9.17, 15) is 9.90 Å². The van der Waals surface area contributed by atoms with Gasteiger partial charge in [-0.1, -0.05) is 18.2 Å². The molecule has 1 atom stereocenters. The molecule has 29 heavy (non-hydrogen) atoms. The highest BCUT2D eigenvalue weighted by atomic mass is 32.1. The van der Waals surface area contributed by atoms with E-state index < -0.39 is 5.91 Å². The van der Waals surface area contributed by atoms with Crippen molar-refractivity contribution in [3.05, 3.63) is 63.3 Å². The highest BCUT2D eigenvalue weighted by Crippen LogP contribution is 2.29. The van der Waals surface area contributed by atoms with E-state index in [1.54, 1.807) is 19.2 Å². The number of hydrogen-bond donors (Lipinski definition) is 2. The van der Waals surface area contributed by atoms with Crippen LogP contribution in [0.4, 0.5) is 5.69 Å². The minimum atomic E-state index is -0.670. The van der Waals surface area contributed by atoms with Crippen molar-refractivity contribution in [3.63, 3.8) is 0 Å². The van der Waals surface area contributed by atoms with Gasteiger partial charge in [0.25, 0.3) is 5.91 Å². The summed E-state index contributed by atoms with van der Waals surface area (Å²) in [7, 11) is 1.66. The van der Waals surface area contributed by atoms with Gasteiger partial charge in [-0.15, -0.1) is 11.3 Å². The molecule has 1 heterocycles. The van der Waals surface area contributed by atoms with Crippen molar-refractivity contribution in [2.75, 3.05) is 13.7 Å². The molecule has 0 spiro atoms. The van der Waals surface area contributed by atoms with Crippen LogP contribution in [0.3, 0.4) is 0 Å². The summed E-state index contributed by atoms with van der Waals surface area (Å²) >= 11 is 1.52. The molecule has 6 nitrogen and oxygen atoms in total. The molecule has 2 aromatic carbocycles. The lowest BCUT2D eigenvalue weighted by Gasteiger charge is -2.17. The predicted octanol–water partition coefficient (Wildman–Crippen LogP) is 4.08. The number of para-hydroxylation sites is 1. The molecule has 0 aliphatic rings. The predicted molar refractivity (Wildman–Crippen MR) is 116 cm³/mol. The standard InChI is InChI=1S/C22H25N3O3S/c1-13-6-5-7-14(2)20(13)24-22-25(15(3)11-28-4)18(12-29-22)16-8-9-19(26)17(10-16)21(23)27/h5-10,12,15,26H,11H2,1-4H3,(H2,23,27)/t15-/m1/s1. The Morgan fingerprint density at radius 3 is 2.59 bits per heavy atom. The van der Waals surface area contributed by atoms with Crippen LogP contribution in [0.5, 0.6) is 5.75 Å². The van der Waals surface area contributed by atoms with Crippen LogP contribution in [0.15, 0.2) is 46.8 Å².